The average Bonchev–Trinajstić information content (AvgIpc) is 2.92. The Morgan fingerprint density at radius 1 is 0.923 bits per heavy atom. The number of carbonyl (C=O) groups is 3. The first-order valence-electron chi connectivity index (χ1n) is 12.2. The van der Waals surface area contributed by atoms with Crippen LogP contribution in [0.4, 0.5) is 5.69 Å². The van der Waals surface area contributed by atoms with Gasteiger partial charge >= 0.3 is 11.8 Å². The molecule has 1 N–H and O–H groups in total. The summed E-state index contributed by atoms with van der Waals surface area (Å²) in [6.07, 6.45) is 0. The third kappa shape index (κ3) is 8.19. The quantitative estimate of drug-likeness (QED) is 0.358. The first-order chi connectivity index (χ1) is 18.7. The maximum Gasteiger partial charge on any atom is 0.312 e. The number of carbonyl (C=O) groups excluding carboxylic acids is 3. The molecular formula is C28H27BrCl2N4O4. The predicted molar refractivity (Wildman–Crippen MR) is 155 cm³/mol. The SMILES string of the molecule is CN(Cc1cc(Cl)ccc1Oc1ccc(Cl)cc1)C(=O)C(=O)N1CCN(CC(=O)Nc2ccc(Br)cc2)CC1. The highest BCUT2D eigenvalue weighted by atomic mass is 79.9. The molecule has 11 heteroatoms. The zero-order valence-electron chi connectivity index (χ0n) is 21.2. The predicted octanol–water partition coefficient (Wildman–Crippen LogP) is 5.29. The summed E-state index contributed by atoms with van der Waals surface area (Å²) < 4.78 is 6.90. The topological polar surface area (TPSA) is 82.2 Å². The van der Waals surface area contributed by atoms with E-state index in [9.17, 15) is 14.4 Å². The van der Waals surface area contributed by atoms with E-state index in [0.717, 1.165) is 4.47 Å². The van der Waals surface area contributed by atoms with E-state index in [-0.39, 0.29) is 19.0 Å². The van der Waals surface area contributed by atoms with Crippen LogP contribution in [0.15, 0.2) is 71.2 Å². The van der Waals surface area contributed by atoms with Crippen molar-refractivity contribution in [2.45, 2.75) is 6.54 Å². The van der Waals surface area contributed by atoms with E-state index in [2.05, 4.69) is 21.2 Å². The van der Waals surface area contributed by atoms with E-state index in [4.69, 9.17) is 27.9 Å². The fourth-order valence-electron chi connectivity index (χ4n) is 4.07. The summed E-state index contributed by atoms with van der Waals surface area (Å²) in [5.74, 6) is -0.251. The van der Waals surface area contributed by atoms with Gasteiger partial charge in [-0.15, -0.1) is 0 Å². The molecule has 0 spiro atoms. The average molecular weight is 634 g/mol. The van der Waals surface area contributed by atoms with E-state index in [1.165, 1.54) is 9.80 Å². The van der Waals surface area contributed by atoms with E-state index >= 15 is 0 Å². The van der Waals surface area contributed by atoms with Crippen molar-refractivity contribution in [3.8, 4) is 11.5 Å². The maximum atomic E-state index is 13.0. The van der Waals surface area contributed by atoms with E-state index < -0.39 is 11.8 Å². The Hall–Kier alpha value is -3.11. The Morgan fingerprint density at radius 3 is 2.23 bits per heavy atom. The zero-order valence-corrected chi connectivity index (χ0v) is 24.3. The molecule has 3 aromatic rings. The lowest BCUT2D eigenvalue weighted by Crippen LogP contribution is -2.53. The maximum absolute atomic E-state index is 13.0. The molecule has 8 nitrogen and oxygen atoms in total. The van der Waals surface area contributed by atoms with Gasteiger partial charge in [0.15, 0.2) is 0 Å². The molecule has 204 valence electrons. The number of likely N-dealkylation sites (N-methyl/N-ethyl adjacent to an activating group) is 1. The van der Waals surface area contributed by atoms with Crippen LogP contribution in [-0.4, -0.2) is 72.2 Å². The Bertz CT molecular complexity index is 1330. The molecule has 0 aromatic heterocycles. The molecule has 0 saturated carbocycles. The van der Waals surface area contributed by atoms with Crippen LogP contribution in [0.1, 0.15) is 5.56 Å². The highest BCUT2D eigenvalue weighted by Gasteiger charge is 2.29. The van der Waals surface area contributed by atoms with Gasteiger partial charge in [-0.25, -0.2) is 0 Å². The fraction of sp³-hybridized carbons (Fsp3) is 0.250. The van der Waals surface area contributed by atoms with Gasteiger partial charge in [-0.1, -0.05) is 39.1 Å². The lowest BCUT2D eigenvalue weighted by molar-refractivity contribution is -0.152. The summed E-state index contributed by atoms with van der Waals surface area (Å²) in [7, 11) is 1.57. The molecule has 3 aromatic carbocycles. The Kier molecular flexibility index (Phi) is 9.85. The van der Waals surface area contributed by atoms with Crippen molar-refractivity contribution in [1.29, 1.82) is 0 Å². The summed E-state index contributed by atoms with van der Waals surface area (Å²) in [6, 6.07) is 19.4. The van der Waals surface area contributed by atoms with E-state index in [1.54, 1.807) is 49.5 Å². The van der Waals surface area contributed by atoms with Gasteiger partial charge in [0.1, 0.15) is 11.5 Å². The van der Waals surface area contributed by atoms with Crippen molar-refractivity contribution in [3.05, 3.63) is 86.8 Å². The number of hydrogen-bond donors (Lipinski definition) is 1. The number of nitrogens with one attached hydrogen (secondary N) is 1. The smallest absolute Gasteiger partial charge is 0.312 e. The van der Waals surface area contributed by atoms with Gasteiger partial charge in [0.25, 0.3) is 0 Å². The van der Waals surface area contributed by atoms with Gasteiger partial charge in [-0.05, 0) is 66.7 Å². The van der Waals surface area contributed by atoms with Crippen LogP contribution in [0.2, 0.25) is 10.0 Å². The standard InChI is InChI=1S/C28H27BrCl2N4O4/c1-33(17-19-16-22(31)6-11-25(19)39-24-9-4-21(30)5-10-24)27(37)28(38)35-14-12-34(13-15-35)18-26(36)32-23-7-2-20(29)3-8-23/h2-11,16H,12-15,17-18H2,1H3,(H,32,36). The van der Waals surface area contributed by atoms with E-state index in [1.807, 2.05) is 29.2 Å². The highest BCUT2D eigenvalue weighted by Crippen LogP contribution is 2.29. The zero-order chi connectivity index (χ0) is 27.9. The molecule has 1 saturated heterocycles. The number of anilines is 1. The Balaban J connectivity index is 1.29. The number of nitrogens with zero attached hydrogens (tertiary/aromatic N) is 3. The van der Waals surface area contributed by atoms with Crippen LogP contribution in [0, 0.1) is 0 Å². The van der Waals surface area contributed by atoms with Crippen molar-refractivity contribution in [2.75, 3.05) is 45.1 Å². The first-order valence-corrected chi connectivity index (χ1v) is 13.8. The molecule has 1 aliphatic heterocycles. The molecule has 0 aliphatic carbocycles. The fourth-order valence-corrected chi connectivity index (χ4v) is 4.66. The van der Waals surface area contributed by atoms with Crippen LogP contribution < -0.4 is 10.1 Å². The lowest BCUT2D eigenvalue weighted by atomic mass is 10.2. The summed E-state index contributed by atoms with van der Waals surface area (Å²) in [6.45, 7) is 2.02. The number of hydrogen-bond acceptors (Lipinski definition) is 5. The molecule has 4 rings (SSSR count). The van der Waals surface area contributed by atoms with Gasteiger partial charge in [0.2, 0.25) is 5.91 Å². The molecule has 1 fully saturated rings. The number of rotatable bonds is 7. The van der Waals surface area contributed by atoms with Gasteiger partial charge in [0.05, 0.1) is 6.54 Å². The highest BCUT2D eigenvalue weighted by molar-refractivity contribution is 9.10. The van der Waals surface area contributed by atoms with Crippen molar-refractivity contribution >= 4 is 62.5 Å². The Morgan fingerprint density at radius 2 is 1.56 bits per heavy atom. The van der Waals surface area contributed by atoms with Crippen LogP contribution in [0.3, 0.4) is 0 Å². The second-order valence-corrected chi connectivity index (χ2v) is 10.9. The third-order valence-electron chi connectivity index (χ3n) is 6.16. The molecule has 1 aliphatic rings. The summed E-state index contributed by atoms with van der Waals surface area (Å²) in [4.78, 5) is 43.2. The van der Waals surface area contributed by atoms with Gasteiger partial charge in [0, 0.05) is 65.5 Å². The Labute approximate surface area is 245 Å². The molecule has 0 atom stereocenters. The number of piperazine rings is 1. The molecule has 1 heterocycles. The summed E-state index contributed by atoms with van der Waals surface area (Å²) >= 11 is 15.5. The molecule has 0 unspecified atom stereocenters. The molecule has 0 radical (unpaired) electrons. The first kappa shape index (κ1) is 28.9. The van der Waals surface area contributed by atoms with Crippen LogP contribution in [0.5, 0.6) is 11.5 Å². The summed E-state index contributed by atoms with van der Waals surface area (Å²) in [5, 5.41) is 3.94. The molecule has 3 amide bonds. The van der Waals surface area contributed by atoms with Crippen molar-refractivity contribution in [2.24, 2.45) is 0 Å². The van der Waals surface area contributed by atoms with Crippen LogP contribution in [-0.2, 0) is 20.9 Å². The van der Waals surface area contributed by atoms with Crippen LogP contribution >= 0.6 is 39.1 Å². The minimum atomic E-state index is -0.631. The van der Waals surface area contributed by atoms with Crippen molar-refractivity contribution < 1.29 is 19.1 Å². The van der Waals surface area contributed by atoms with Gasteiger partial charge in [-0.3, -0.25) is 19.3 Å². The lowest BCUT2D eigenvalue weighted by Gasteiger charge is -2.34. The second-order valence-electron chi connectivity index (χ2n) is 9.09. The third-order valence-corrected chi connectivity index (χ3v) is 7.17. The molecular weight excluding hydrogens is 607 g/mol. The largest absolute Gasteiger partial charge is 0.457 e. The van der Waals surface area contributed by atoms with Crippen molar-refractivity contribution in [1.82, 2.24) is 14.7 Å². The van der Waals surface area contributed by atoms with E-state index in [0.29, 0.717) is 59.0 Å². The number of halogens is 3. The monoisotopic (exact) mass is 632 g/mol. The summed E-state index contributed by atoms with van der Waals surface area (Å²) in [5.41, 5.74) is 1.37. The second kappa shape index (κ2) is 13.3. The molecule has 39 heavy (non-hydrogen) atoms. The van der Waals surface area contributed by atoms with Gasteiger partial charge < -0.3 is 19.9 Å². The minimum Gasteiger partial charge on any atom is -0.457 e. The van der Waals surface area contributed by atoms with Crippen molar-refractivity contribution in [3.63, 3.8) is 0 Å². The molecule has 0 bridgehead atoms. The number of benzene rings is 3. The number of amides is 3. The van der Waals surface area contributed by atoms with Crippen LogP contribution in [0.25, 0.3) is 0 Å². The number of ether oxygens (including phenoxy) is 1. The van der Waals surface area contributed by atoms with Gasteiger partial charge in [-0.2, -0.15) is 0 Å². The minimum absolute atomic E-state index is 0.129. The normalized spacial score (nSPS) is 13.6.